The number of rotatable bonds is 3. The van der Waals surface area contributed by atoms with Crippen molar-refractivity contribution in [2.45, 2.75) is 51.6 Å². The van der Waals surface area contributed by atoms with Gasteiger partial charge in [-0.05, 0) is 19.8 Å². The van der Waals surface area contributed by atoms with E-state index in [1.807, 2.05) is 6.92 Å². The molecule has 2 heterocycles. The fraction of sp³-hybridized carbons (Fsp3) is 0.643. The summed E-state index contributed by atoms with van der Waals surface area (Å²) in [5, 5.41) is 0. The summed E-state index contributed by atoms with van der Waals surface area (Å²) >= 11 is 0. The lowest BCUT2D eigenvalue weighted by molar-refractivity contribution is 0.345. The minimum atomic E-state index is -0.331. The lowest BCUT2D eigenvalue weighted by atomic mass is 9.95. The average molecular weight is 306 g/mol. The van der Waals surface area contributed by atoms with E-state index in [4.69, 9.17) is 5.84 Å². The number of hydrazine groups is 1. The summed E-state index contributed by atoms with van der Waals surface area (Å²) in [6.45, 7) is 2.46. The molecule has 0 saturated heterocycles. The Morgan fingerprint density at radius 2 is 1.95 bits per heavy atom. The molecule has 2 aromatic heterocycles. The Morgan fingerprint density at radius 3 is 2.55 bits per heavy atom. The van der Waals surface area contributed by atoms with E-state index in [1.54, 1.807) is 9.13 Å². The lowest BCUT2D eigenvalue weighted by Gasteiger charge is -2.24. The number of nitrogens with two attached hydrogens (primary N) is 1. The average Bonchev–Trinajstić information content (AvgIpc) is 2.92. The van der Waals surface area contributed by atoms with E-state index in [1.165, 1.54) is 18.0 Å². The molecule has 0 atom stereocenters. The van der Waals surface area contributed by atoms with Crippen molar-refractivity contribution in [2.75, 3.05) is 5.43 Å². The minimum absolute atomic E-state index is 0.0985. The molecule has 2 aromatic rings. The van der Waals surface area contributed by atoms with Crippen molar-refractivity contribution < 1.29 is 0 Å². The molecule has 1 saturated carbocycles. The van der Waals surface area contributed by atoms with Gasteiger partial charge in [0.05, 0.1) is 0 Å². The van der Waals surface area contributed by atoms with E-state index >= 15 is 0 Å². The van der Waals surface area contributed by atoms with E-state index in [2.05, 4.69) is 10.4 Å². The highest BCUT2D eigenvalue weighted by Gasteiger charge is 2.25. The Morgan fingerprint density at radius 1 is 1.27 bits per heavy atom. The van der Waals surface area contributed by atoms with Crippen molar-refractivity contribution in [1.82, 2.24) is 18.7 Å². The molecule has 22 heavy (non-hydrogen) atoms. The zero-order chi connectivity index (χ0) is 15.9. The van der Waals surface area contributed by atoms with Crippen LogP contribution in [0.15, 0.2) is 9.59 Å². The van der Waals surface area contributed by atoms with Gasteiger partial charge in [0.1, 0.15) is 0 Å². The monoisotopic (exact) mass is 306 g/mol. The lowest BCUT2D eigenvalue weighted by Crippen LogP contribution is -2.40. The fourth-order valence-electron chi connectivity index (χ4n) is 3.40. The Labute approximate surface area is 127 Å². The molecule has 0 radical (unpaired) electrons. The van der Waals surface area contributed by atoms with Crippen LogP contribution < -0.4 is 22.5 Å². The Bertz CT molecular complexity index is 809. The van der Waals surface area contributed by atoms with Crippen molar-refractivity contribution in [2.24, 2.45) is 12.9 Å². The first-order chi connectivity index (χ1) is 10.6. The smallest absolute Gasteiger partial charge is 0.304 e. The molecule has 0 unspecified atom stereocenters. The van der Waals surface area contributed by atoms with Crippen molar-refractivity contribution >= 4 is 17.1 Å². The number of nitrogen functional groups attached to an aromatic ring is 1. The molecule has 0 aliphatic heterocycles. The summed E-state index contributed by atoms with van der Waals surface area (Å²) in [4.78, 5) is 29.6. The maximum absolute atomic E-state index is 12.6. The predicted molar refractivity (Wildman–Crippen MR) is 84.8 cm³/mol. The van der Waals surface area contributed by atoms with Gasteiger partial charge in [0.25, 0.3) is 5.56 Å². The summed E-state index contributed by atoms with van der Waals surface area (Å²) in [6.07, 6.45) is 5.27. The summed E-state index contributed by atoms with van der Waals surface area (Å²) in [7, 11) is 1.52. The topological polar surface area (TPSA) is 99.9 Å². The van der Waals surface area contributed by atoms with Gasteiger partial charge >= 0.3 is 5.69 Å². The van der Waals surface area contributed by atoms with Crippen LogP contribution in [0.1, 0.15) is 45.1 Å². The van der Waals surface area contributed by atoms with Gasteiger partial charge in [-0.2, -0.15) is 4.98 Å². The van der Waals surface area contributed by atoms with Gasteiger partial charge in [0, 0.05) is 19.6 Å². The third-order valence-corrected chi connectivity index (χ3v) is 4.56. The van der Waals surface area contributed by atoms with E-state index in [0.717, 1.165) is 25.7 Å². The molecule has 0 aromatic carbocycles. The van der Waals surface area contributed by atoms with Crippen molar-refractivity contribution in [3.63, 3.8) is 0 Å². The molecule has 0 spiro atoms. The van der Waals surface area contributed by atoms with Crippen molar-refractivity contribution in [3.8, 4) is 0 Å². The Balaban J connectivity index is 2.38. The number of nitrogens with one attached hydrogen (secondary N) is 1. The molecule has 8 nitrogen and oxygen atoms in total. The highest BCUT2D eigenvalue weighted by molar-refractivity contribution is 5.74. The second-order valence-electron chi connectivity index (χ2n) is 5.80. The second kappa shape index (κ2) is 5.60. The van der Waals surface area contributed by atoms with Crippen LogP contribution in [-0.4, -0.2) is 18.7 Å². The van der Waals surface area contributed by atoms with Gasteiger partial charge in [-0.25, -0.2) is 10.6 Å². The molecule has 0 bridgehead atoms. The third kappa shape index (κ3) is 2.06. The number of fused-ring (bicyclic) bond motifs is 1. The summed E-state index contributed by atoms with van der Waals surface area (Å²) in [5.74, 6) is 5.92. The molecular weight excluding hydrogens is 284 g/mol. The first-order valence-electron chi connectivity index (χ1n) is 7.78. The Kier molecular flexibility index (Phi) is 3.78. The van der Waals surface area contributed by atoms with Gasteiger partial charge in [-0.15, -0.1) is 0 Å². The maximum atomic E-state index is 12.6. The van der Waals surface area contributed by atoms with Gasteiger partial charge < -0.3 is 4.57 Å². The predicted octanol–water partition coefficient (Wildman–Crippen LogP) is 0.707. The second-order valence-corrected chi connectivity index (χ2v) is 5.80. The fourth-order valence-corrected chi connectivity index (χ4v) is 3.40. The molecular formula is C14H22N6O2. The quantitative estimate of drug-likeness (QED) is 0.642. The van der Waals surface area contributed by atoms with Gasteiger partial charge in [-0.3, -0.25) is 19.4 Å². The van der Waals surface area contributed by atoms with Crippen LogP contribution in [0, 0.1) is 0 Å². The summed E-state index contributed by atoms with van der Waals surface area (Å²) in [6, 6.07) is 0.0985. The van der Waals surface area contributed by atoms with E-state index < -0.39 is 0 Å². The normalized spacial score (nSPS) is 16.3. The zero-order valence-electron chi connectivity index (χ0n) is 13.0. The summed E-state index contributed by atoms with van der Waals surface area (Å²) in [5.41, 5.74) is 2.77. The summed E-state index contributed by atoms with van der Waals surface area (Å²) < 4.78 is 4.57. The zero-order valence-corrected chi connectivity index (χ0v) is 13.0. The molecule has 3 rings (SSSR count). The first-order valence-corrected chi connectivity index (χ1v) is 7.78. The minimum Gasteiger partial charge on any atom is -0.304 e. The van der Waals surface area contributed by atoms with Crippen LogP contribution in [0.5, 0.6) is 0 Å². The first kappa shape index (κ1) is 14.8. The maximum Gasteiger partial charge on any atom is 0.332 e. The molecule has 8 heteroatoms. The third-order valence-electron chi connectivity index (χ3n) is 4.56. The number of aromatic nitrogens is 4. The number of aryl methyl sites for hydroxylation is 1. The van der Waals surface area contributed by atoms with Crippen LogP contribution >= 0.6 is 0 Å². The van der Waals surface area contributed by atoms with Gasteiger partial charge in [0.2, 0.25) is 5.95 Å². The van der Waals surface area contributed by atoms with E-state index in [-0.39, 0.29) is 17.3 Å². The molecule has 3 N–H and O–H groups in total. The number of imidazole rings is 1. The Hall–Kier alpha value is -2.09. The molecule has 1 aliphatic rings. The number of anilines is 1. The molecule has 120 valence electrons. The van der Waals surface area contributed by atoms with Crippen LogP contribution in [0.25, 0.3) is 11.2 Å². The van der Waals surface area contributed by atoms with Crippen LogP contribution in [0.2, 0.25) is 0 Å². The number of hydrogen-bond donors (Lipinski definition) is 2. The highest BCUT2D eigenvalue weighted by Crippen LogP contribution is 2.29. The molecule has 1 fully saturated rings. The van der Waals surface area contributed by atoms with Crippen LogP contribution in [-0.2, 0) is 13.6 Å². The van der Waals surface area contributed by atoms with Gasteiger partial charge in [-0.1, -0.05) is 19.3 Å². The molecule has 1 aliphatic carbocycles. The van der Waals surface area contributed by atoms with E-state index in [0.29, 0.717) is 23.7 Å². The standard InChI is InChI=1S/C14H22N6O2/c1-3-19-10-11(16-13(19)17-15)20(9-7-5-4-6-8-9)14(22)18(2)12(10)21/h9H,3-8,15H2,1-2H3,(H,16,17). The van der Waals surface area contributed by atoms with Crippen molar-refractivity contribution in [1.29, 1.82) is 0 Å². The van der Waals surface area contributed by atoms with Crippen LogP contribution in [0.4, 0.5) is 5.95 Å². The number of nitrogens with zero attached hydrogens (tertiary/aromatic N) is 4. The SMILES string of the molecule is CCn1c(NN)nc2c1c(=O)n(C)c(=O)n2C1CCCCC1. The largest absolute Gasteiger partial charge is 0.332 e. The van der Waals surface area contributed by atoms with Crippen LogP contribution in [0.3, 0.4) is 0 Å². The van der Waals surface area contributed by atoms with Crippen molar-refractivity contribution in [3.05, 3.63) is 20.8 Å². The van der Waals surface area contributed by atoms with E-state index in [9.17, 15) is 9.59 Å². The molecule has 0 amide bonds. The van der Waals surface area contributed by atoms with Gasteiger partial charge in [0.15, 0.2) is 11.2 Å². The highest BCUT2D eigenvalue weighted by atomic mass is 16.2. The number of hydrogen-bond acceptors (Lipinski definition) is 5.